The van der Waals surface area contributed by atoms with E-state index in [4.69, 9.17) is 0 Å². The summed E-state index contributed by atoms with van der Waals surface area (Å²) in [5.41, 5.74) is 0.0318. The molecule has 2 rings (SSSR count). The Hall–Kier alpha value is -1.43. The van der Waals surface area contributed by atoms with Crippen molar-refractivity contribution in [2.24, 2.45) is 0 Å². The van der Waals surface area contributed by atoms with Crippen LogP contribution < -0.4 is 5.32 Å². The number of hydrogen-bond acceptors (Lipinski definition) is 4. The average Bonchev–Trinajstić information content (AvgIpc) is 2.50. The van der Waals surface area contributed by atoms with E-state index in [1.165, 1.54) is 6.20 Å². The number of aromatic nitrogens is 3. The molecule has 0 bridgehead atoms. The highest BCUT2D eigenvalue weighted by Crippen LogP contribution is 2.27. The van der Waals surface area contributed by atoms with Gasteiger partial charge in [-0.05, 0) is 27.2 Å². The molecule has 0 aliphatic carbocycles. The topological polar surface area (TPSA) is 73.9 Å². The van der Waals surface area contributed by atoms with Gasteiger partial charge in [0.15, 0.2) is 5.82 Å². The van der Waals surface area contributed by atoms with Gasteiger partial charge in [0.1, 0.15) is 0 Å². The molecule has 6 heteroatoms. The highest BCUT2D eigenvalue weighted by atomic mass is 16.2. The largest absolute Gasteiger partial charge is 0.306 e. The summed E-state index contributed by atoms with van der Waals surface area (Å²) in [6, 6.07) is -0.0447. The Morgan fingerprint density at radius 3 is 2.81 bits per heavy atom. The molecule has 2 N–H and O–H groups in total. The van der Waals surface area contributed by atoms with Crippen molar-refractivity contribution in [3.8, 4) is 0 Å². The number of hydrogen-bond donors (Lipinski definition) is 2. The van der Waals surface area contributed by atoms with Crippen molar-refractivity contribution in [1.29, 1.82) is 0 Å². The van der Waals surface area contributed by atoms with E-state index in [-0.39, 0.29) is 17.5 Å². The van der Waals surface area contributed by atoms with Crippen LogP contribution in [-0.2, 0) is 4.79 Å². The first-order valence-electron chi connectivity index (χ1n) is 5.42. The van der Waals surface area contributed by atoms with Crippen LogP contribution in [0, 0.1) is 0 Å². The van der Waals surface area contributed by atoms with Gasteiger partial charge in [0, 0.05) is 12.1 Å². The predicted molar refractivity (Wildman–Crippen MR) is 59.9 cm³/mol. The van der Waals surface area contributed by atoms with Gasteiger partial charge in [-0.2, -0.15) is 10.3 Å². The number of aromatic amines is 1. The Bertz CT molecular complexity index is 367. The van der Waals surface area contributed by atoms with E-state index in [0.717, 1.165) is 13.0 Å². The first kappa shape index (κ1) is 11.1. The zero-order chi connectivity index (χ0) is 11.8. The SMILES string of the molecule is CC(C)(C)N1CCC1C(=O)Nc1cn[nH]n1. The number of rotatable bonds is 2. The third-order valence-electron chi connectivity index (χ3n) is 2.85. The summed E-state index contributed by atoms with van der Waals surface area (Å²) in [6.07, 6.45) is 2.40. The third-order valence-corrected chi connectivity index (χ3v) is 2.85. The van der Waals surface area contributed by atoms with Crippen LogP contribution in [0.5, 0.6) is 0 Å². The summed E-state index contributed by atoms with van der Waals surface area (Å²) in [6.45, 7) is 7.31. The van der Waals surface area contributed by atoms with Crippen molar-refractivity contribution in [2.45, 2.75) is 38.8 Å². The molecule has 0 saturated carbocycles. The molecule has 1 fully saturated rings. The fraction of sp³-hybridized carbons (Fsp3) is 0.700. The van der Waals surface area contributed by atoms with Gasteiger partial charge < -0.3 is 5.32 Å². The molecule has 1 unspecified atom stereocenters. The molecule has 6 nitrogen and oxygen atoms in total. The Morgan fingerprint density at radius 1 is 1.62 bits per heavy atom. The lowest BCUT2D eigenvalue weighted by atomic mass is 9.93. The van der Waals surface area contributed by atoms with E-state index < -0.39 is 0 Å². The predicted octanol–water partition coefficient (Wildman–Crippen LogP) is 0.616. The fourth-order valence-corrected chi connectivity index (χ4v) is 1.93. The first-order valence-corrected chi connectivity index (χ1v) is 5.42. The van der Waals surface area contributed by atoms with Crippen LogP contribution in [0.3, 0.4) is 0 Å². The molecule has 0 radical (unpaired) electrons. The van der Waals surface area contributed by atoms with E-state index in [0.29, 0.717) is 5.82 Å². The molecular formula is C10H17N5O. The molecule has 1 atom stereocenters. The molecule has 2 heterocycles. The van der Waals surface area contributed by atoms with Crippen LogP contribution in [0.15, 0.2) is 6.20 Å². The van der Waals surface area contributed by atoms with Gasteiger partial charge in [0.05, 0.1) is 12.2 Å². The van der Waals surface area contributed by atoms with Gasteiger partial charge in [-0.1, -0.05) is 0 Å². The highest BCUT2D eigenvalue weighted by Gasteiger charge is 2.40. The number of H-pyrrole nitrogens is 1. The first-order chi connectivity index (χ1) is 7.48. The number of likely N-dealkylation sites (tertiary alicyclic amines) is 1. The lowest BCUT2D eigenvalue weighted by Gasteiger charge is -2.48. The second kappa shape index (κ2) is 3.86. The summed E-state index contributed by atoms with van der Waals surface area (Å²) in [5, 5.41) is 12.6. The van der Waals surface area contributed by atoms with Gasteiger partial charge in [0.2, 0.25) is 5.91 Å². The number of carbonyl (C=O) groups is 1. The van der Waals surface area contributed by atoms with E-state index in [2.05, 4.69) is 46.4 Å². The van der Waals surface area contributed by atoms with E-state index in [9.17, 15) is 4.79 Å². The summed E-state index contributed by atoms with van der Waals surface area (Å²) in [5.74, 6) is 0.473. The quantitative estimate of drug-likeness (QED) is 0.770. The Kier molecular flexibility index (Phi) is 2.67. The molecule has 1 aliphatic rings. The van der Waals surface area contributed by atoms with E-state index in [1.807, 2.05) is 0 Å². The maximum atomic E-state index is 11.9. The van der Waals surface area contributed by atoms with Crippen LogP contribution >= 0.6 is 0 Å². The van der Waals surface area contributed by atoms with Crippen molar-refractivity contribution >= 4 is 11.7 Å². The lowest BCUT2D eigenvalue weighted by Crippen LogP contribution is -2.61. The zero-order valence-corrected chi connectivity index (χ0v) is 9.82. The van der Waals surface area contributed by atoms with Crippen LogP contribution in [-0.4, -0.2) is 44.3 Å². The molecule has 88 valence electrons. The number of amides is 1. The van der Waals surface area contributed by atoms with E-state index >= 15 is 0 Å². The number of nitrogens with one attached hydrogen (secondary N) is 2. The Morgan fingerprint density at radius 2 is 2.38 bits per heavy atom. The Balaban J connectivity index is 1.96. The summed E-state index contributed by atoms with van der Waals surface area (Å²) in [4.78, 5) is 14.1. The van der Waals surface area contributed by atoms with Crippen LogP contribution in [0.4, 0.5) is 5.82 Å². The Labute approximate surface area is 94.4 Å². The highest BCUT2D eigenvalue weighted by molar-refractivity contribution is 5.94. The summed E-state index contributed by atoms with van der Waals surface area (Å²) in [7, 11) is 0. The van der Waals surface area contributed by atoms with Gasteiger partial charge in [-0.15, -0.1) is 5.10 Å². The van der Waals surface area contributed by atoms with Crippen molar-refractivity contribution in [3.63, 3.8) is 0 Å². The molecule has 0 aromatic carbocycles. The van der Waals surface area contributed by atoms with Gasteiger partial charge in [-0.25, -0.2) is 0 Å². The monoisotopic (exact) mass is 223 g/mol. The molecular weight excluding hydrogens is 206 g/mol. The molecule has 1 aliphatic heterocycles. The normalized spacial score (nSPS) is 21.6. The fourth-order valence-electron chi connectivity index (χ4n) is 1.93. The maximum absolute atomic E-state index is 11.9. The van der Waals surface area contributed by atoms with Crippen molar-refractivity contribution in [1.82, 2.24) is 20.3 Å². The van der Waals surface area contributed by atoms with Gasteiger partial charge in [0.25, 0.3) is 0 Å². The average molecular weight is 223 g/mol. The summed E-state index contributed by atoms with van der Waals surface area (Å²) >= 11 is 0. The minimum atomic E-state index is -0.0447. The minimum Gasteiger partial charge on any atom is -0.306 e. The van der Waals surface area contributed by atoms with Crippen LogP contribution in [0.25, 0.3) is 0 Å². The van der Waals surface area contributed by atoms with Crippen LogP contribution in [0.1, 0.15) is 27.2 Å². The third kappa shape index (κ3) is 2.06. The lowest BCUT2D eigenvalue weighted by molar-refractivity contribution is -0.129. The minimum absolute atomic E-state index is 0.00456. The van der Waals surface area contributed by atoms with Gasteiger partial charge >= 0.3 is 0 Å². The molecule has 1 aromatic heterocycles. The molecule has 0 spiro atoms. The van der Waals surface area contributed by atoms with Crippen molar-refractivity contribution in [2.75, 3.05) is 11.9 Å². The van der Waals surface area contributed by atoms with E-state index in [1.54, 1.807) is 0 Å². The van der Waals surface area contributed by atoms with Crippen molar-refractivity contribution in [3.05, 3.63) is 6.20 Å². The van der Waals surface area contributed by atoms with Gasteiger partial charge in [-0.3, -0.25) is 9.69 Å². The molecule has 16 heavy (non-hydrogen) atoms. The zero-order valence-electron chi connectivity index (χ0n) is 9.82. The van der Waals surface area contributed by atoms with Crippen molar-refractivity contribution < 1.29 is 4.79 Å². The maximum Gasteiger partial charge on any atom is 0.243 e. The summed E-state index contributed by atoms with van der Waals surface area (Å²) < 4.78 is 0. The molecule has 1 aromatic rings. The second-order valence-electron chi connectivity index (χ2n) is 5.01. The standard InChI is InChI=1S/C10H17N5O/c1-10(2,3)15-5-4-7(15)9(16)12-8-6-11-14-13-8/h6-7H,4-5H2,1-3H3,(H2,11,12,13,14,16). The smallest absolute Gasteiger partial charge is 0.243 e. The number of carbonyl (C=O) groups excluding carboxylic acids is 1. The number of anilines is 1. The molecule has 1 saturated heterocycles. The second-order valence-corrected chi connectivity index (χ2v) is 5.01. The van der Waals surface area contributed by atoms with Crippen LogP contribution in [0.2, 0.25) is 0 Å². The number of nitrogens with zero attached hydrogens (tertiary/aromatic N) is 3. The molecule has 1 amide bonds.